The van der Waals surface area contributed by atoms with Crippen molar-refractivity contribution in [3.63, 3.8) is 0 Å². The van der Waals surface area contributed by atoms with Gasteiger partial charge in [-0.3, -0.25) is 4.79 Å². The molecule has 0 bridgehead atoms. The summed E-state index contributed by atoms with van der Waals surface area (Å²) in [5, 5.41) is 20.2. The number of carbonyl (C=O) groups excluding carboxylic acids is 1. The average molecular weight is 226 g/mol. The van der Waals surface area contributed by atoms with E-state index >= 15 is 0 Å². The van der Waals surface area contributed by atoms with Crippen LogP contribution in [0.2, 0.25) is 0 Å². The Hall–Kier alpha value is -1.82. The maximum absolute atomic E-state index is 11.6. The fourth-order valence-corrected chi connectivity index (χ4v) is 1.30. The molecule has 3 N–H and O–H groups in total. The third-order valence-electron chi connectivity index (χ3n) is 2.21. The van der Waals surface area contributed by atoms with Gasteiger partial charge in [0.05, 0.1) is 6.10 Å². The largest absolute Gasteiger partial charge is 0.480 e. The molecule has 0 unspecified atom stereocenters. The van der Waals surface area contributed by atoms with Crippen molar-refractivity contribution in [2.45, 2.75) is 19.1 Å². The Bertz CT molecular complexity index is 397. The lowest BCUT2D eigenvalue weighted by atomic mass is 10.2. The van der Waals surface area contributed by atoms with Crippen LogP contribution in [0.3, 0.4) is 0 Å². The highest BCUT2D eigenvalue weighted by atomic mass is 16.4. The number of nitrogens with one attached hydrogen (secondary N) is 1. The maximum Gasteiger partial charge on any atom is 0.328 e. The molecule has 1 rings (SSSR count). The Kier molecular flexibility index (Phi) is 3.68. The minimum atomic E-state index is -1.30. The molecule has 0 saturated heterocycles. The molecule has 1 amide bonds. The van der Waals surface area contributed by atoms with Crippen LogP contribution in [0.1, 0.15) is 17.4 Å². The molecule has 0 aliphatic rings. The number of hydrogen-bond donors (Lipinski definition) is 3. The van der Waals surface area contributed by atoms with Crippen molar-refractivity contribution in [3.8, 4) is 0 Å². The highest BCUT2D eigenvalue weighted by Gasteiger charge is 2.25. The number of hydrogen-bond acceptors (Lipinski definition) is 3. The van der Waals surface area contributed by atoms with Gasteiger partial charge < -0.3 is 20.1 Å². The van der Waals surface area contributed by atoms with E-state index in [1.807, 2.05) is 0 Å². The predicted molar refractivity (Wildman–Crippen MR) is 56.0 cm³/mol. The summed E-state index contributed by atoms with van der Waals surface area (Å²) in [5.74, 6) is -1.79. The minimum absolute atomic E-state index is 0.340. The van der Waals surface area contributed by atoms with Crippen molar-refractivity contribution in [1.82, 2.24) is 9.88 Å². The molecule has 88 valence electrons. The molecule has 0 aromatic carbocycles. The summed E-state index contributed by atoms with van der Waals surface area (Å²) in [6, 6.07) is 1.94. The second kappa shape index (κ2) is 4.80. The number of aliphatic carboxylic acids is 1. The summed E-state index contributed by atoms with van der Waals surface area (Å²) < 4.78 is 1.57. The SMILES string of the molecule is C[C@@H](O)[C@H](NC(=O)c1cccn1C)C(=O)O. The van der Waals surface area contributed by atoms with Crippen LogP contribution in [0.25, 0.3) is 0 Å². The van der Waals surface area contributed by atoms with Gasteiger partial charge >= 0.3 is 5.97 Å². The highest BCUT2D eigenvalue weighted by Crippen LogP contribution is 2.01. The van der Waals surface area contributed by atoms with Gasteiger partial charge in [-0.15, -0.1) is 0 Å². The van der Waals surface area contributed by atoms with E-state index < -0.39 is 24.0 Å². The third-order valence-corrected chi connectivity index (χ3v) is 2.21. The first-order chi connectivity index (χ1) is 7.43. The Labute approximate surface area is 92.5 Å². The second-order valence-electron chi connectivity index (χ2n) is 3.53. The topological polar surface area (TPSA) is 91.6 Å². The number of amides is 1. The van der Waals surface area contributed by atoms with Crippen LogP contribution < -0.4 is 5.32 Å². The molecule has 6 nitrogen and oxygen atoms in total. The molecule has 2 atom stereocenters. The number of aryl methyl sites for hydroxylation is 1. The van der Waals surface area contributed by atoms with Crippen molar-refractivity contribution in [3.05, 3.63) is 24.0 Å². The Morgan fingerprint density at radius 3 is 2.50 bits per heavy atom. The number of aliphatic hydroxyl groups excluding tert-OH is 1. The number of carboxylic acids is 1. The van der Waals surface area contributed by atoms with Crippen molar-refractivity contribution >= 4 is 11.9 Å². The number of carboxylic acid groups (broad SMARTS) is 1. The number of aliphatic hydroxyl groups is 1. The van der Waals surface area contributed by atoms with Gasteiger partial charge in [0, 0.05) is 13.2 Å². The number of nitrogens with zero attached hydrogens (tertiary/aromatic N) is 1. The summed E-state index contributed by atoms with van der Waals surface area (Å²) in [5.41, 5.74) is 0.340. The van der Waals surface area contributed by atoms with Crippen LogP contribution in [0, 0.1) is 0 Å². The first-order valence-corrected chi connectivity index (χ1v) is 4.76. The fraction of sp³-hybridized carbons (Fsp3) is 0.400. The van der Waals surface area contributed by atoms with Crippen molar-refractivity contribution in [2.75, 3.05) is 0 Å². The van der Waals surface area contributed by atoms with Gasteiger partial charge in [0.2, 0.25) is 0 Å². The summed E-state index contributed by atoms with van der Waals surface area (Å²) in [7, 11) is 1.67. The number of carbonyl (C=O) groups is 2. The summed E-state index contributed by atoms with van der Waals surface area (Å²) in [6.45, 7) is 1.31. The standard InChI is InChI=1S/C10H14N2O4/c1-6(13)8(10(15)16)11-9(14)7-4-3-5-12(7)2/h3-6,8,13H,1-2H3,(H,11,14)(H,15,16)/t6-,8+/m1/s1. The lowest BCUT2D eigenvalue weighted by Gasteiger charge is -2.17. The normalized spacial score (nSPS) is 14.2. The molecule has 0 saturated carbocycles. The molecule has 0 aliphatic carbocycles. The van der Waals surface area contributed by atoms with E-state index in [0.29, 0.717) is 5.69 Å². The zero-order chi connectivity index (χ0) is 12.3. The van der Waals surface area contributed by atoms with Crippen LogP contribution in [0.5, 0.6) is 0 Å². The van der Waals surface area contributed by atoms with E-state index in [1.165, 1.54) is 6.92 Å². The monoisotopic (exact) mass is 226 g/mol. The van der Waals surface area contributed by atoms with Gasteiger partial charge in [-0.05, 0) is 19.1 Å². The Morgan fingerprint density at radius 2 is 2.12 bits per heavy atom. The number of aromatic nitrogens is 1. The fourth-order valence-electron chi connectivity index (χ4n) is 1.30. The van der Waals surface area contributed by atoms with Crippen LogP contribution >= 0.6 is 0 Å². The summed E-state index contributed by atoms with van der Waals surface area (Å²) >= 11 is 0. The second-order valence-corrected chi connectivity index (χ2v) is 3.53. The molecule has 16 heavy (non-hydrogen) atoms. The zero-order valence-corrected chi connectivity index (χ0v) is 9.04. The van der Waals surface area contributed by atoms with Gasteiger partial charge in [-0.25, -0.2) is 4.79 Å². The van der Waals surface area contributed by atoms with Crippen LogP contribution in [0.15, 0.2) is 18.3 Å². The minimum Gasteiger partial charge on any atom is -0.480 e. The van der Waals surface area contributed by atoms with Gasteiger partial charge in [0.1, 0.15) is 5.69 Å². The van der Waals surface area contributed by atoms with E-state index in [1.54, 1.807) is 29.9 Å². The van der Waals surface area contributed by atoms with Gasteiger partial charge in [-0.1, -0.05) is 0 Å². The Morgan fingerprint density at radius 1 is 1.50 bits per heavy atom. The van der Waals surface area contributed by atoms with Crippen LogP contribution in [-0.2, 0) is 11.8 Å². The number of rotatable bonds is 4. The zero-order valence-electron chi connectivity index (χ0n) is 9.04. The van der Waals surface area contributed by atoms with Crippen LogP contribution in [-0.4, -0.2) is 38.8 Å². The first kappa shape index (κ1) is 12.3. The highest BCUT2D eigenvalue weighted by molar-refractivity contribution is 5.95. The quantitative estimate of drug-likeness (QED) is 0.650. The molecular formula is C10H14N2O4. The summed E-state index contributed by atoms with van der Waals surface area (Å²) in [6.07, 6.45) is 0.522. The van der Waals surface area contributed by atoms with E-state index in [0.717, 1.165) is 0 Å². The van der Waals surface area contributed by atoms with Gasteiger partial charge in [0.15, 0.2) is 6.04 Å². The van der Waals surface area contributed by atoms with Crippen LogP contribution in [0.4, 0.5) is 0 Å². The third kappa shape index (κ3) is 2.60. The maximum atomic E-state index is 11.6. The van der Waals surface area contributed by atoms with E-state index in [2.05, 4.69) is 5.32 Å². The Balaban J connectivity index is 2.77. The molecule has 0 aliphatic heterocycles. The smallest absolute Gasteiger partial charge is 0.328 e. The summed E-state index contributed by atoms with van der Waals surface area (Å²) in [4.78, 5) is 22.4. The first-order valence-electron chi connectivity index (χ1n) is 4.76. The van der Waals surface area contributed by atoms with Crippen molar-refractivity contribution in [2.24, 2.45) is 7.05 Å². The average Bonchev–Trinajstić information content (AvgIpc) is 2.59. The molecule has 1 aromatic rings. The van der Waals surface area contributed by atoms with Crippen molar-refractivity contribution in [1.29, 1.82) is 0 Å². The van der Waals surface area contributed by atoms with E-state index in [9.17, 15) is 14.7 Å². The van der Waals surface area contributed by atoms with E-state index in [4.69, 9.17) is 5.11 Å². The molecule has 0 fully saturated rings. The van der Waals surface area contributed by atoms with Gasteiger partial charge in [-0.2, -0.15) is 0 Å². The molecule has 6 heteroatoms. The lowest BCUT2D eigenvalue weighted by molar-refractivity contribution is -0.141. The molecule has 0 spiro atoms. The molecular weight excluding hydrogens is 212 g/mol. The molecule has 1 heterocycles. The molecule has 1 aromatic heterocycles. The van der Waals surface area contributed by atoms with Crippen molar-refractivity contribution < 1.29 is 19.8 Å². The predicted octanol–water partition coefficient (Wildman–Crippen LogP) is -0.411. The van der Waals surface area contributed by atoms with Gasteiger partial charge in [0.25, 0.3) is 5.91 Å². The lowest BCUT2D eigenvalue weighted by Crippen LogP contribution is -2.47. The van der Waals surface area contributed by atoms with E-state index in [-0.39, 0.29) is 0 Å². The molecule has 0 radical (unpaired) electrons.